The van der Waals surface area contributed by atoms with Crippen LogP contribution in [0.15, 0.2) is 48.5 Å². The van der Waals surface area contributed by atoms with Gasteiger partial charge in [0.15, 0.2) is 0 Å². The van der Waals surface area contributed by atoms with Gasteiger partial charge < -0.3 is 27.1 Å². The fraction of sp³-hybridized carbons (Fsp3) is 0.440. The number of rotatable bonds is 2. The molecule has 6 nitrogen and oxygen atoms in total. The molecule has 3 N–H and O–H groups in total. The van der Waals surface area contributed by atoms with Gasteiger partial charge in [-0.3, -0.25) is 0 Å². The molecule has 0 spiro atoms. The van der Waals surface area contributed by atoms with Crippen LogP contribution in [0.25, 0.3) is 38.7 Å². The summed E-state index contributed by atoms with van der Waals surface area (Å²) in [4.78, 5) is 6.78. The molecule has 2 aliphatic rings. The molecule has 1 aliphatic heterocycles. The van der Waals surface area contributed by atoms with Crippen molar-refractivity contribution in [3.8, 4) is 0 Å². The molecule has 0 bridgehead atoms. The van der Waals surface area contributed by atoms with Crippen LogP contribution in [0.4, 0.5) is 5.69 Å². The second kappa shape index (κ2) is 12.7. The minimum atomic E-state index is -0.0799. The SMILES string of the molecule is CC(=[N-])N1CC[C@H](Nc2c3ccccc3nc3ccccc23)C1.[Cl][Pt].[NH-][C@@H]1CCCC[C@H]1[NH-]. The second-order valence-electron chi connectivity index (χ2n) is 8.64. The summed E-state index contributed by atoms with van der Waals surface area (Å²) in [6.07, 6.45) is 5.26. The molecule has 1 saturated heterocycles. The molecule has 0 radical (unpaired) electrons. The van der Waals surface area contributed by atoms with E-state index in [1.54, 1.807) is 25.7 Å². The van der Waals surface area contributed by atoms with Gasteiger partial charge in [0.2, 0.25) is 0 Å². The van der Waals surface area contributed by atoms with Crippen LogP contribution in [0.1, 0.15) is 39.0 Å². The normalized spacial score (nSPS) is 22.2. The number of halogens is 1. The number of aromatic nitrogens is 1. The zero-order chi connectivity index (χ0) is 23.8. The van der Waals surface area contributed by atoms with Gasteiger partial charge in [-0.2, -0.15) is 12.1 Å². The predicted octanol–water partition coefficient (Wildman–Crippen LogP) is 6.95. The standard InChI is InChI=1S/C19H19N4.C6H12N2.ClH.Pt/c1-13(20)23-11-10-14(12-23)21-19-15-6-2-4-8-17(15)22-18-9-5-3-7-16(18)19;7-5-3-1-2-4-6(5)8;;/h2-9,14H,10-12H2,1H3,(H,21,22);5-8H,1-4H2;1H;/q-1;-2;;+1/p-1/t14-;5-,6-;;/m01../s1. The van der Waals surface area contributed by atoms with Gasteiger partial charge in [-0.1, -0.05) is 67.9 Å². The number of pyridine rings is 1. The van der Waals surface area contributed by atoms with Crippen molar-refractivity contribution < 1.29 is 18.8 Å². The molecule has 0 amide bonds. The van der Waals surface area contributed by atoms with Gasteiger partial charge in [-0.25, -0.2) is 4.98 Å². The van der Waals surface area contributed by atoms with Gasteiger partial charge in [-0.15, -0.1) is 0 Å². The van der Waals surface area contributed by atoms with Crippen molar-refractivity contribution in [1.82, 2.24) is 9.88 Å². The number of nitrogens with zero attached hydrogens (tertiary/aromatic N) is 3. The maximum absolute atomic E-state index is 9.68. The van der Waals surface area contributed by atoms with Crippen LogP contribution < -0.4 is 5.32 Å². The molecular formula is C25H31ClN6Pt-3. The molecular weight excluding hydrogens is 615 g/mol. The third-order valence-electron chi connectivity index (χ3n) is 6.35. The number of nitrogens with one attached hydrogen (secondary N) is 3. The smallest absolute Gasteiger partial charge is 0.0548 e. The number of benzene rings is 2. The molecule has 8 heteroatoms. The minimum absolute atomic E-state index is 0.0799. The summed E-state index contributed by atoms with van der Waals surface area (Å²) < 4.78 is 0. The molecule has 0 unspecified atom stereocenters. The number of hydrogen-bond donors (Lipinski definition) is 1. The Bertz CT molecular complexity index is 997. The molecule has 1 aromatic heterocycles. The largest absolute Gasteiger partial charge is 0.676 e. The molecule has 3 aromatic rings. The molecule has 3 atom stereocenters. The Morgan fingerprint density at radius 2 is 1.48 bits per heavy atom. The Hall–Kier alpha value is -1.72. The van der Waals surface area contributed by atoms with Crippen LogP contribution in [0.5, 0.6) is 0 Å². The molecule has 2 heterocycles. The summed E-state index contributed by atoms with van der Waals surface area (Å²) >= 11 is 1.61. The maximum atomic E-state index is 9.68. The number of para-hydroxylation sites is 2. The van der Waals surface area contributed by atoms with Crippen LogP contribution in [-0.4, -0.2) is 46.9 Å². The number of hydrogen-bond acceptors (Lipinski definition) is 2. The fourth-order valence-electron chi connectivity index (χ4n) is 4.50. The van der Waals surface area contributed by atoms with Gasteiger partial charge in [0, 0.05) is 16.8 Å². The van der Waals surface area contributed by atoms with E-state index in [0.29, 0.717) is 11.9 Å². The monoisotopic (exact) mass is 645 g/mol. The Kier molecular flexibility index (Phi) is 9.93. The molecule has 1 aliphatic carbocycles. The van der Waals surface area contributed by atoms with E-state index in [4.69, 9.17) is 16.5 Å². The number of amidine groups is 1. The van der Waals surface area contributed by atoms with E-state index < -0.39 is 0 Å². The summed E-state index contributed by atoms with van der Waals surface area (Å²) in [5, 5.41) is 15.7. The van der Waals surface area contributed by atoms with Gasteiger partial charge in [0.05, 0.1) is 16.7 Å². The van der Waals surface area contributed by atoms with Crippen molar-refractivity contribution in [1.29, 1.82) is 0 Å². The van der Waals surface area contributed by atoms with Crippen molar-refractivity contribution in [3.63, 3.8) is 0 Å². The number of anilines is 1. The second-order valence-corrected chi connectivity index (χ2v) is 8.64. The molecule has 33 heavy (non-hydrogen) atoms. The number of likely N-dealkylation sites (tertiary alicyclic amines) is 1. The van der Waals surface area contributed by atoms with Crippen molar-refractivity contribution in [3.05, 3.63) is 65.4 Å². The first-order valence-electron chi connectivity index (χ1n) is 11.4. The average Bonchev–Trinajstić information content (AvgIpc) is 3.32. The van der Waals surface area contributed by atoms with Crippen LogP contribution in [0, 0.1) is 0 Å². The van der Waals surface area contributed by atoms with Gasteiger partial charge in [0.1, 0.15) is 0 Å². The third kappa shape index (κ3) is 6.66. The van der Waals surface area contributed by atoms with Gasteiger partial charge >= 0.3 is 28.2 Å². The molecule has 1 saturated carbocycles. The Labute approximate surface area is 211 Å². The number of fused-ring (bicyclic) bond motifs is 2. The van der Waals surface area contributed by atoms with Gasteiger partial charge in [-0.05, 0) is 38.6 Å². The Morgan fingerprint density at radius 1 is 0.970 bits per heavy atom. The van der Waals surface area contributed by atoms with E-state index in [1.807, 2.05) is 17.0 Å². The van der Waals surface area contributed by atoms with Crippen LogP contribution in [-0.2, 0) is 18.8 Å². The van der Waals surface area contributed by atoms with Crippen LogP contribution in [0.3, 0.4) is 0 Å². The zero-order valence-corrected chi connectivity index (χ0v) is 21.9. The molecule has 5 rings (SSSR count). The van der Waals surface area contributed by atoms with E-state index in [1.165, 1.54) is 12.8 Å². The summed E-state index contributed by atoms with van der Waals surface area (Å²) in [5.74, 6) is 0.402. The average molecular weight is 646 g/mol. The van der Waals surface area contributed by atoms with Crippen molar-refractivity contribution in [2.45, 2.75) is 57.2 Å². The first kappa shape index (κ1) is 25.9. The van der Waals surface area contributed by atoms with E-state index >= 15 is 0 Å². The summed E-state index contributed by atoms with van der Waals surface area (Å²) in [6.45, 7) is 3.47. The van der Waals surface area contributed by atoms with Crippen LogP contribution in [0.2, 0.25) is 0 Å². The maximum Gasteiger partial charge on any atom is -0.0548 e. The third-order valence-corrected chi connectivity index (χ3v) is 6.35. The Balaban J connectivity index is 0.000000258. The summed E-state index contributed by atoms with van der Waals surface area (Å²) in [5.41, 5.74) is 17.7. The summed E-state index contributed by atoms with van der Waals surface area (Å²) in [7, 11) is 4.61. The van der Waals surface area contributed by atoms with E-state index in [-0.39, 0.29) is 12.1 Å². The zero-order valence-electron chi connectivity index (χ0n) is 18.8. The Morgan fingerprint density at radius 3 is 1.94 bits per heavy atom. The predicted molar refractivity (Wildman–Crippen MR) is 137 cm³/mol. The van der Waals surface area contributed by atoms with Crippen molar-refractivity contribution >= 4 is 42.7 Å². The van der Waals surface area contributed by atoms with E-state index in [2.05, 4.69) is 51.1 Å². The topological polar surface area (TPSA) is 98.1 Å². The minimum Gasteiger partial charge on any atom is -0.676 e. The fourth-order valence-corrected chi connectivity index (χ4v) is 4.50. The first-order valence-corrected chi connectivity index (χ1v) is 14.2. The quantitative estimate of drug-likeness (QED) is 0.186. The van der Waals surface area contributed by atoms with Crippen molar-refractivity contribution in [2.24, 2.45) is 0 Å². The first-order chi connectivity index (χ1) is 16.0. The molecule has 2 aromatic carbocycles. The molecule has 181 valence electrons. The van der Waals surface area contributed by atoms with Crippen molar-refractivity contribution in [2.75, 3.05) is 18.4 Å². The van der Waals surface area contributed by atoms with Gasteiger partial charge in [0.25, 0.3) is 0 Å². The summed E-state index contributed by atoms with van der Waals surface area (Å²) in [6, 6.07) is 16.7. The molecule has 2 fully saturated rings. The van der Waals surface area contributed by atoms with Crippen LogP contribution >= 0.6 is 9.42 Å². The van der Waals surface area contributed by atoms with E-state index in [0.717, 1.165) is 59.8 Å². The van der Waals surface area contributed by atoms with E-state index in [9.17, 15) is 5.41 Å².